The van der Waals surface area contributed by atoms with Crippen molar-refractivity contribution in [2.24, 2.45) is 11.7 Å². The molecule has 6 nitrogen and oxygen atoms in total. The predicted molar refractivity (Wildman–Crippen MR) is 76.7 cm³/mol. The number of phenolic OH excluding ortho intramolecular Hbond substituents is 1. The summed E-state index contributed by atoms with van der Waals surface area (Å²) in [6.45, 7) is 0.795. The third-order valence-electron chi connectivity index (χ3n) is 3.79. The number of piperidine rings is 1. The Morgan fingerprint density at radius 3 is 2.62 bits per heavy atom. The number of carboxylic acids is 1. The Hall–Kier alpha value is -2.08. The number of aromatic hydroxyl groups is 1. The zero-order chi connectivity index (χ0) is 15.4. The van der Waals surface area contributed by atoms with Gasteiger partial charge in [0.15, 0.2) is 0 Å². The summed E-state index contributed by atoms with van der Waals surface area (Å²) in [7, 11) is 0. The first-order valence-corrected chi connectivity index (χ1v) is 7.02. The first kappa shape index (κ1) is 15.3. The number of carbonyl (C=O) groups excluding carboxylic acids is 1. The molecule has 0 spiro atoms. The predicted octanol–water partition coefficient (Wildman–Crippen LogP) is 0.585. The molecule has 0 aromatic heterocycles. The van der Waals surface area contributed by atoms with E-state index >= 15 is 0 Å². The fraction of sp³-hybridized carbons (Fsp3) is 0.467. The topological polar surface area (TPSA) is 104 Å². The van der Waals surface area contributed by atoms with Gasteiger partial charge in [0.1, 0.15) is 5.75 Å². The molecule has 0 bridgehead atoms. The second-order valence-corrected chi connectivity index (χ2v) is 5.44. The van der Waals surface area contributed by atoms with Crippen molar-refractivity contribution in [3.63, 3.8) is 0 Å². The van der Waals surface area contributed by atoms with Crippen molar-refractivity contribution in [3.8, 4) is 5.75 Å². The van der Waals surface area contributed by atoms with E-state index in [2.05, 4.69) is 0 Å². The highest BCUT2D eigenvalue weighted by Crippen LogP contribution is 2.18. The molecular formula is C15H20N2O4. The van der Waals surface area contributed by atoms with Crippen LogP contribution >= 0.6 is 0 Å². The molecule has 21 heavy (non-hydrogen) atoms. The summed E-state index contributed by atoms with van der Waals surface area (Å²) in [6, 6.07) is 5.85. The highest BCUT2D eigenvalue weighted by Gasteiger charge is 2.30. The lowest BCUT2D eigenvalue weighted by Crippen LogP contribution is -2.49. The molecule has 1 aliphatic heterocycles. The van der Waals surface area contributed by atoms with E-state index in [-0.39, 0.29) is 18.2 Å². The lowest BCUT2D eigenvalue weighted by Gasteiger charge is -2.32. The Labute approximate surface area is 123 Å². The van der Waals surface area contributed by atoms with Crippen LogP contribution in [0.4, 0.5) is 0 Å². The summed E-state index contributed by atoms with van der Waals surface area (Å²) in [4.78, 5) is 24.9. The number of carboxylic acid groups (broad SMARTS) is 1. The largest absolute Gasteiger partial charge is 0.508 e. The number of hydrogen-bond donors (Lipinski definition) is 3. The molecule has 1 aromatic rings. The van der Waals surface area contributed by atoms with Gasteiger partial charge in [-0.2, -0.15) is 0 Å². The fourth-order valence-corrected chi connectivity index (χ4v) is 2.59. The minimum absolute atomic E-state index is 0.166. The molecule has 1 aliphatic rings. The summed E-state index contributed by atoms with van der Waals surface area (Å²) in [5.41, 5.74) is 6.80. The molecule has 2 atom stereocenters. The number of aliphatic carboxylic acids is 1. The van der Waals surface area contributed by atoms with E-state index in [0.29, 0.717) is 25.8 Å². The molecule has 1 fully saturated rings. The molecule has 4 N–H and O–H groups in total. The Morgan fingerprint density at radius 1 is 1.33 bits per heavy atom. The van der Waals surface area contributed by atoms with Crippen LogP contribution in [-0.2, 0) is 16.0 Å². The van der Waals surface area contributed by atoms with Crippen molar-refractivity contribution < 1.29 is 19.8 Å². The van der Waals surface area contributed by atoms with Gasteiger partial charge in [0.05, 0.1) is 12.0 Å². The van der Waals surface area contributed by atoms with Crippen LogP contribution in [0.3, 0.4) is 0 Å². The second-order valence-electron chi connectivity index (χ2n) is 5.44. The van der Waals surface area contributed by atoms with Crippen LogP contribution in [0.2, 0.25) is 0 Å². The lowest BCUT2D eigenvalue weighted by atomic mass is 9.97. The maximum Gasteiger partial charge on any atom is 0.308 e. The summed E-state index contributed by atoms with van der Waals surface area (Å²) in [5, 5.41) is 18.3. The Morgan fingerprint density at radius 2 is 2.00 bits per heavy atom. The van der Waals surface area contributed by atoms with Crippen LogP contribution in [0.25, 0.3) is 0 Å². The summed E-state index contributed by atoms with van der Waals surface area (Å²) in [5.74, 6) is -1.41. The number of likely N-dealkylation sites (tertiary alicyclic amines) is 1. The van der Waals surface area contributed by atoms with Crippen molar-refractivity contribution in [3.05, 3.63) is 29.8 Å². The first-order valence-electron chi connectivity index (χ1n) is 7.02. The van der Waals surface area contributed by atoms with Crippen molar-refractivity contribution in [2.75, 3.05) is 13.1 Å². The molecule has 0 radical (unpaired) electrons. The Kier molecular flexibility index (Phi) is 4.80. The molecule has 0 saturated carbocycles. The van der Waals surface area contributed by atoms with Gasteiger partial charge < -0.3 is 20.8 Å². The van der Waals surface area contributed by atoms with E-state index < -0.39 is 17.9 Å². The first-order chi connectivity index (χ1) is 9.97. The number of amides is 1. The van der Waals surface area contributed by atoms with E-state index in [0.717, 1.165) is 5.56 Å². The van der Waals surface area contributed by atoms with E-state index in [1.807, 2.05) is 0 Å². The molecule has 2 rings (SSSR count). The van der Waals surface area contributed by atoms with Crippen molar-refractivity contribution in [1.29, 1.82) is 0 Å². The zero-order valence-corrected chi connectivity index (χ0v) is 11.7. The highest BCUT2D eigenvalue weighted by atomic mass is 16.4. The zero-order valence-electron chi connectivity index (χ0n) is 11.7. The number of benzene rings is 1. The average molecular weight is 292 g/mol. The number of carbonyl (C=O) groups is 2. The van der Waals surface area contributed by atoms with Gasteiger partial charge in [0.25, 0.3) is 0 Å². The van der Waals surface area contributed by atoms with E-state index in [4.69, 9.17) is 10.8 Å². The average Bonchev–Trinajstić information content (AvgIpc) is 2.49. The third kappa shape index (κ3) is 3.95. The molecule has 1 amide bonds. The van der Waals surface area contributed by atoms with Gasteiger partial charge in [0, 0.05) is 13.1 Å². The molecule has 6 heteroatoms. The van der Waals surface area contributed by atoms with Gasteiger partial charge >= 0.3 is 5.97 Å². The van der Waals surface area contributed by atoms with E-state index in [1.54, 1.807) is 29.2 Å². The molecule has 1 aromatic carbocycles. The maximum atomic E-state index is 12.3. The highest BCUT2D eigenvalue weighted by molar-refractivity contribution is 5.83. The molecule has 114 valence electrons. The fourth-order valence-electron chi connectivity index (χ4n) is 2.59. The second kappa shape index (κ2) is 6.58. The Bertz CT molecular complexity index is 515. The SMILES string of the molecule is NC(Cc1ccc(O)cc1)C(=O)N1CCC[C@H](C(=O)O)C1. The van der Waals surface area contributed by atoms with Crippen LogP contribution < -0.4 is 5.73 Å². The molecule has 1 heterocycles. The standard InChI is InChI=1S/C15H20N2O4/c16-13(8-10-3-5-12(18)6-4-10)14(19)17-7-1-2-11(9-17)15(20)21/h3-6,11,13,18H,1-2,7-9,16H2,(H,20,21)/t11-,13?/m0/s1. The van der Waals surface area contributed by atoms with E-state index in [1.165, 1.54) is 0 Å². The molecule has 1 saturated heterocycles. The van der Waals surface area contributed by atoms with Gasteiger partial charge in [-0.3, -0.25) is 9.59 Å². The minimum atomic E-state index is -0.861. The van der Waals surface area contributed by atoms with Crippen LogP contribution in [0, 0.1) is 5.92 Å². The Balaban J connectivity index is 1.95. The number of rotatable bonds is 4. The van der Waals surface area contributed by atoms with Gasteiger partial charge in [-0.15, -0.1) is 0 Å². The van der Waals surface area contributed by atoms with Crippen LogP contribution in [0.15, 0.2) is 24.3 Å². The van der Waals surface area contributed by atoms with Gasteiger partial charge in [-0.25, -0.2) is 0 Å². The molecular weight excluding hydrogens is 272 g/mol. The number of nitrogens with two attached hydrogens (primary N) is 1. The number of nitrogens with zero attached hydrogens (tertiary/aromatic N) is 1. The van der Waals surface area contributed by atoms with Crippen LogP contribution in [0.1, 0.15) is 18.4 Å². The summed E-state index contributed by atoms with van der Waals surface area (Å²) >= 11 is 0. The van der Waals surface area contributed by atoms with Gasteiger partial charge in [-0.05, 0) is 37.0 Å². The van der Waals surface area contributed by atoms with E-state index in [9.17, 15) is 14.7 Å². The van der Waals surface area contributed by atoms with Gasteiger partial charge in [0.2, 0.25) is 5.91 Å². The summed E-state index contributed by atoms with van der Waals surface area (Å²) < 4.78 is 0. The van der Waals surface area contributed by atoms with Crippen LogP contribution in [-0.4, -0.2) is 46.1 Å². The maximum absolute atomic E-state index is 12.3. The monoisotopic (exact) mass is 292 g/mol. The molecule has 1 unspecified atom stereocenters. The van der Waals surface area contributed by atoms with Crippen LogP contribution in [0.5, 0.6) is 5.75 Å². The summed E-state index contributed by atoms with van der Waals surface area (Å²) in [6.07, 6.45) is 1.66. The third-order valence-corrected chi connectivity index (χ3v) is 3.79. The normalized spacial score (nSPS) is 20.0. The van der Waals surface area contributed by atoms with Crippen molar-refractivity contribution in [1.82, 2.24) is 4.90 Å². The van der Waals surface area contributed by atoms with Crippen molar-refractivity contribution >= 4 is 11.9 Å². The number of hydrogen-bond acceptors (Lipinski definition) is 4. The lowest BCUT2D eigenvalue weighted by molar-refractivity contribution is -0.146. The number of phenols is 1. The van der Waals surface area contributed by atoms with Crippen molar-refractivity contribution in [2.45, 2.75) is 25.3 Å². The smallest absolute Gasteiger partial charge is 0.308 e. The minimum Gasteiger partial charge on any atom is -0.508 e. The quantitative estimate of drug-likeness (QED) is 0.753. The van der Waals surface area contributed by atoms with Gasteiger partial charge in [-0.1, -0.05) is 12.1 Å². The molecule has 0 aliphatic carbocycles.